The molecule has 0 amide bonds. The van der Waals surface area contributed by atoms with Gasteiger partial charge in [0.05, 0.1) is 22.7 Å². The SMILES string of the molecule is CCOC(=O)C1=C(C)NC(=S)NC1c1ccc(OC(=O)/C=C/c2ccccc2C)c(Br)c1. The van der Waals surface area contributed by atoms with Crippen LogP contribution in [0.15, 0.2) is 64.3 Å². The molecule has 1 heterocycles. The number of benzene rings is 2. The quantitative estimate of drug-likeness (QED) is 0.249. The van der Waals surface area contributed by atoms with Crippen LogP contribution in [-0.2, 0) is 14.3 Å². The van der Waals surface area contributed by atoms with Gasteiger partial charge in [0.1, 0.15) is 5.75 Å². The highest BCUT2D eigenvalue weighted by Crippen LogP contribution is 2.33. The van der Waals surface area contributed by atoms with E-state index < -0.39 is 18.0 Å². The second-order valence-corrected chi connectivity index (χ2v) is 8.35. The van der Waals surface area contributed by atoms with Crippen LogP contribution < -0.4 is 15.4 Å². The third kappa shape index (κ3) is 5.63. The van der Waals surface area contributed by atoms with Crippen molar-refractivity contribution in [2.75, 3.05) is 6.61 Å². The molecule has 0 bridgehead atoms. The van der Waals surface area contributed by atoms with Gasteiger partial charge in [0.15, 0.2) is 5.11 Å². The molecule has 0 spiro atoms. The van der Waals surface area contributed by atoms with Crippen molar-refractivity contribution in [3.05, 3.63) is 81.0 Å². The molecule has 1 aliphatic rings. The van der Waals surface area contributed by atoms with Gasteiger partial charge in [-0.15, -0.1) is 0 Å². The molecule has 0 saturated heterocycles. The van der Waals surface area contributed by atoms with E-state index >= 15 is 0 Å². The molecule has 2 N–H and O–H groups in total. The topological polar surface area (TPSA) is 76.7 Å². The summed E-state index contributed by atoms with van der Waals surface area (Å²) in [6.07, 6.45) is 3.11. The van der Waals surface area contributed by atoms with Gasteiger partial charge in [0.25, 0.3) is 0 Å². The smallest absolute Gasteiger partial charge is 0.338 e. The highest BCUT2D eigenvalue weighted by Gasteiger charge is 2.31. The number of carbonyl (C=O) groups excluding carboxylic acids is 2. The molecular weight excluding hydrogens is 492 g/mol. The van der Waals surface area contributed by atoms with Crippen molar-refractivity contribution in [2.45, 2.75) is 26.8 Å². The van der Waals surface area contributed by atoms with Gasteiger partial charge < -0.3 is 20.1 Å². The van der Waals surface area contributed by atoms with Gasteiger partial charge in [0.2, 0.25) is 0 Å². The predicted molar refractivity (Wildman–Crippen MR) is 131 cm³/mol. The molecule has 8 heteroatoms. The van der Waals surface area contributed by atoms with E-state index in [1.54, 1.807) is 38.1 Å². The maximum Gasteiger partial charge on any atom is 0.338 e. The van der Waals surface area contributed by atoms with E-state index in [9.17, 15) is 9.59 Å². The summed E-state index contributed by atoms with van der Waals surface area (Å²) in [5.41, 5.74) is 3.84. The zero-order chi connectivity index (χ0) is 23.3. The van der Waals surface area contributed by atoms with Crippen molar-refractivity contribution in [1.29, 1.82) is 0 Å². The van der Waals surface area contributed by atoms with Crippen molar-refractivity contribution < 1.29 is 19.1 Å². The Morgan fingerprint density at radius 1 is 1.19 bits per heavy atom. The fourth-order valence-electron chi connectivity index (χ4n) is 3.28. The number of esters is 2. The number of nitrogens with one attached hydrogen (secondary N) is 2. The van der Waals surface area contributed by atoms with Crippen LogP contribution in [0.5, 0.6) is 5.75 Å². The van der Waals surface area contributed by atoms with Crippen LogP contribution in [0.3, 0.4) is 0 Å². The van der Waals surface area contributed by atoms with Crippen LogP contribution >= 0.6 is 28.1 Å². The van der Waals surface area contributed by atoms with Crippen molar-refractivity contribution in [3.8, 4) is 5.75 Å². The van der Waals surface area contributed by atoms with Crippen molar-refractivity contribution in [2.24, 2.45) is 0 Å². The zero-order valence-electron chi connectivity index (χ0n) is 17.9. The second-order valence-electron chi connectivity index (χ2n) is 7.09. The van der Waals surface area contributed by atoms with E-state index in [0.29, 0.717) is 26.6 Å². The van der Waals surface area contributed by atoms with Crippen LogP contribution in [0.1, 0.15) is 36.6 Å². The summed E-state index contributed by atoms with van der Waals surface area (Å²) >= 11 is 8.72. The zero-order valence-corrected chi connectivity index (χ0v) is 20.3. The summed E-state index contributed by atoms with van der Waals surface area (Å²) in [6.45, 7) is 5.77. The summed E-state index contributed by atoms with van der Waals surface area (Å²) < 4.78 is 11.2. The van der Waals surface area contributed by atoms with Crippen LogP contribution in [0, 0.1) is 6.92 Å². The van der Waals surface area contributed by atoms with Crippen LogP contribution in [0.25, 0.3) is 6.08 Å². The van der Waals surface area contributed by atoms with Crippen LogP contribution in [0.4, 0.5) is 0 Å². The lowest BCUT2D eigenvalue weighted by Crippen LogP contribution is -2.45. The summed E-state index contributed by atoms with van der Waals surface area (Å²) in [7, 11) is 0. The van der Waals surface area contributed by atoms with Crippen molar-refractivity contribution in [1.82, 2.24) is 10.6 Å². The highest BCUT2D eigenvalue weighted by atomic mass is 79.9. The first-order valence-corrected chi connectivity index (χ1v) is 11.2. The van der Waals surface area contributed by atoms with Gasteiger partial charge in [-0.05, 0) is 83.8 Å². The lowest BCUT2D eigenvalue weighted by atomic mass is 9.95. The Balaban J connectivity index is 1.80. The number of allylic oxidation sites excluding steroid dienone is 1. The van der Waals surface area contributed by atoms with Gasteiger partial charge in [-0.3, -0.25) is 0 Å². The molecule has 1 unspecified atom stereocenters. The highest BCUT2D eigenvalue weighted by molar-refractivity contribution is 9.10. The Labute approximate surface area is 200 Å². The molecule has 32 heavy (non-hydrogen) atoms. The molecule has 0 radical (unpaired) electrons. The lowest BCUT2D eigenvalue weighted by Gasteiger charge is -2.30. The molecule has 0 fully saturated rings. The Kier molecular flexibility index (Phi) is 7.82. The number of halogens is 1. The minimum Gasteiger partial charge on any atom is -0.463 e. The molecule has 6 nitrogen and oxygen atoms in total. The number of hydrogen-bond donors (Lipinski definition) is 2. The monoisotopic (exact) mass is 514 g/mol. The second kappa shape index (κ2) is 10.6. The molecule has 2 aromatic carbocycles. The van der Waals surface area contributed by atoms with Gasteiger partial charge >= 0.3 is 11.9 Å². The Bertz CT molecular complexity index is 1130. The van der Waals surface area contributed by atoms with Crippen molar-refractivity contribution in [3.63, 3.8) is 0 Å². The molecule has 1 aliphatic heterocycles. The minimum absolute atomic E-state index is 0.265. The van der Waals surface area contributed by atoms with Crippen molar-refractivity contribution >= 4 is 51.3 Å². The third-order valence-corrected chi connectivity index (χ3v) is 5.69. The number of ether oxygens (including phenoxy) is 2. The van der Waals surface area contributed by atoms with E-state index in [-0.39, 0.29) is 6.61 Å². The Morgan fingerprint density at radius 3 is 2.62 bits per heavy atom. The largest absolute Gasteiger partial charge is 0.463 e. The van der Waals surface area contributed by atoms with Gasteiger partial charge in [-0.1, -0.05) is 30.3 Å². The molecule has 0 saturated carbocycles. The fourth-order valence-corrected chi connectivity index (χ4v) is 4.03. The predicted octanol–water partition coefficient (Wildman–Crippen LogP) is 4.73. The van der Waals surface area contributed by atoms with E-state index in [0.717, 1.165) is 16.7 Å². The van der Waals surface area contributed by atoms with Crippen LogP contribution in [-0.4, -0.2) is 23.7 Å². The number of rotatable bonds is 6. The van der Waals surface area contributed by atoms with Gasteiger partial charge in [0, 0.05) is 11.8 Å². The Morgan fingerprint density at radius 2 is 1.94 bits per heavy atom. The first-order chi connectivity index (χ1) is 15.3. The molecule has 0 aliphatic carbocycles. The number of aryl methyl sites for hydroxylation is 1. The Hall–Kier alpha value is -2.97. The maximum atomic E-state index is 12.5. The normalized spacial score (nSPS) is 15.9. The van der Waals surface area contributed by atoms with Gasteiger partial charge in [-0.25, -0.2) is 9.59 Å². The van der Waals surface area contributed by atoms with E-state index in [4.69, 9.17) is 21.7 Å². The maximum absolute atomic E-state index is 12.5. The number of hydrogen-bond acceptors (Lipinski definition) is 5. The number of thiocarbonyl (C=S) groups is 1. The molecule has 3 rings (SSSR count). The lowest BCUT2D eigenvalue weighted by molar-refractivity contribution is -0.139. The molecule has 166 valence electrons. The average molecular weight is 515 g/mol. The third-order valence-electron chi connectivity index (χ3n) is 4.85. The van der Waals surface area contributed by atoms with E-state index in [1.165, 1.54) is 6.08 Å². The molecule has 0 aromatic heterocycles. The molecule has 2 aromatic rings. The molecular formula is C24H23BrN2O4S. The standard InChI is InChI=1S/C24H23BrN2O4S/c1-4-30-23(29)21-15(3)26-24(32)27-22(21)17-9-11-19(18(25)13-17)31-20(28)12-10-16-8-6-5-7-14(16)2/h5-13,22H,4H2,1-3H3,(H2,26,27,32)/b12-10+. The number of carbonyl (C=O) groups is 2. The van der Waals surface area contributed by atoms with E-state index in [1.807, 2.05) is 31.2 Å². The summed E-state index contributed by atoms with van der Waals surface area (Å²) in [5.74, 6) is -0.556. The van der Waals surface area contributed by atoms with E-state index in [2.05, 4.69) is 26.6 Å². The summed E-state index contributed by atoms with van der Waals surface area (Å²) in [4.78, 5) is 24.8. The minimum atomic E-state index is -0.496. The van der Waals surface area contributed by atoms with Gasteiger partial charge in [-0.2, -0.15) is 0 Å². The fraction of sp³-hybridized carbons (Fsp3) is 0.208. The summed E-state index contributed by atoms with van der Waals surface area (Å²) in [5, 5.41) is 6.48. The average Bonchev–Trinajstić information content (AvgIpc) is 2.74. The van der Waals surface area contributed by atoms with Crippen LogP contribution in [0.2, 0.25) is 0 Å². The first-order valence-electron chi connectivity index (χ1n) is 10.0. The first kappa shape index (κ1) is 23.7. The molecule has 1 atom stereocenters. The summed E-state index contributed by atoms with van der Waals surface area (Å²) in [6, 6.07) is 12.5.